The number of nitrogens with zero attached hydrogens (tertiary/aromatic N) is 1. The summed E-state index contributed by atoms with van der Waals surface area (Å²) in [5.41, 5.74) is 0. The van der Waals surface area contributed by atoms with Crippen LogP contribution >= 0.6 is 0 Å². The minimum Gasteiger partial charge on any atom is -0.299 e. The highest BCUT2D eigenvalue weighted by atomic mass is 16.1. The van der Waals surface area contributed by atoms with Crippen molar-refractivity contribution in [2.45, 2.75) is 64.8 Å². The maximum atomic E-state index is 12.2. The Bertz CT molecular complexity index is 256. The van der Waals surface area contributed by atoms with E-state index in [0.717, 1.165) is 19.3 Å². The highest BCUT2D eigenvalue weighted by Gasteiger charge is 2.36. The Hall–Kier alpha value is -0.370. The van der Waals surface area contributed by atoms with Gasteiger partial charge in [-0.05, 0) is 44.7 Å². The number of ketones is 1. The lowest BCUT2D eigenvalue weighted by atomic mass is 9.77. The average molecular weight is 237 g/mol. The van der Waals surface area contributed by atoms with Crippen LogP contribution in [0.25, 0.3) is 0 Å². The molecule has 2 atom stereocenters. The van der Waals surface area contributed by atoms with Gasteiger partial charge in [-0.15, -0.1) is 0 Å². The van der Waals surface area contributed by atoms with E-state index in [2.05, 4.69) is 18.7 Å². The van der Waals surface area contributed by atoms with Gasteiger partial charge in [0.25, 0.3) is 0 Å². The fourth-order valence-electron chi connectivity index (χ4n) is 3.73. The third-order valence-corrected chi connectivity index (χ3v) is 4.51. The maximum absolute atomic E-state index is 12.2. The van der Waals surface area contributed by atoms with Gasteiger partial charge < -0.3 is 0 Å². The molecule has 0 N–H and O–H groups in total. The van der Waals surface area contributed by atoms with E-state index in [4.69, 9.17) is 0 Å². The molecular formula is C15H27NO. The van der Waals surface area contributed by atoms with Gasteiger partial charge in [-0.2, -0.15) is 0 Å². The first-order valence-electron chi connectivity index (χ1n) is 7.47. The minimum atomic E-state index is 0.335. The van der Waals surface area contributed by atoms with Crippen LogP contribution in [0.3, 0.4) is 0 Å². The van der Waals surface area contributed by atoms with Crippen LogP contribution in [0.15, 0.2) is 0 Å². The highest BCUT2D eigenvalue weighted by molar-refractivity contribution is 5.82. The number of carbonyl (C=O) groups is 1. The summed E-state index contributed by atoms with van der Waals surface area (Å²) in [6.07, 6.45) is 8.38. The minimum absolute atomic E-state index is 0.335. The van der Waals surface area contributed by atoms with Gasteiger partial charge in [-0.3, -0.25) is 9.69 Å². The summed E-state index contributed by atoms with van der Waals surface area (Å²) in [5.74, 6) is 1.49. The van der Waals surface area contributed by atoms with Gasteiger partial charge in [0.2, 0.25) is 0 Å². The van der Waals surface area contributed by atoms with Crippen molar-refractivity contribution in [3.05, 3.63) is 0 Å². The molecule has 1 heterocycles. The third kappa shape index (κ3) is 3.09. The summed E-state index contributed by atoms with van der Waals surface area (Å²) >= 11 is 0. The molecule has 0 bridgehead atoms. The third-order valence-electron chi connectivity index (χ3n) is 4.51. The molecule has 98 valence electrons. The number of hydrogen-bond donors (Lipinski definition) is 0. The molecule has 0 amide bonds. The second kappa shape index (κ2) is 5.99. The van der Waals surface area contributed by atoms with Crippen LogP contribution in [0.1, 0.15) is 58.8 Å². The molecule has 0 aromatic heterocycles. The van der Waals surface area contributed by atoms with Crippen LogP contribution in [-0.2, 0) is 4.79 Å². The first-order chi connectivity index (χ1) is 8.20. The quantitative estimate of drug-likeness (QED) is 0.751. The van der Waals surface area contributed by atoms with Crippen LogP contribution in [0, 0.1) is 11.8 Å². The Morgan fingerprint density at radius 1 is 1.06 bits per heavy atom. The van der Waals surface area contributed by atoms with Crippen molar-refractivity contribution in [2.24, 2.45) is 11.8 Å². The number of likely N-dealkylation sites (tertiary alicyclic amines) is 1. The fourth-order valence-corrected chi connectivity index (χ4v) is 3.73. The first kappa shape index (κ1) is 13.1. The van der Waals surface area contributed by atoms with Gasteiger partial charge >= 0.3 is 0 Å². The van der Waals surface area contributed by atoms with E-state index >= 15 is 0 Å². The molecule has 1 saturated heterocycles. The van der Waals surface area contributed by atoms with E-state index in [1.165, 1.54) is 38.8 Å². The zero-order valence-corrected chi connectivity index (χ0v) is 11.5. The topological polar surface area (TPSA) is 20.3 Å². The molecule has 0 aromatic rings. The van der Waals surface area contributed by atoms with Crippen LogP contribution in [0.5, 0.6) is 0 Å². The van der Waals surface area contributed by atoms with Crippen LogP contribution < -0.4 is 0 Å². The molecule has 1 aliphatic carbocycles. The molecule has 2 nitrogen and oxygen atoms in total. The predicted octanol–water partition coefficient (Wildman–Crippen LogP) is 3.26. The van der Waals surface area contributed by atoms with Crippen molar-refractivity contribution >= 4 is 5.78 Å². The van der Waals surface area contributed by atoms with Crippen molar-refractivity contribution in [2.75, 3.05) is 13.1 Å². The number of carbonyl (C=O) groups excluding carboxylic acids is 1. The molecule has 2 fully saturated rings. The number of piperidine rings is 1. The first-order valence-corrected chi connectivity index (χ1v) is 7.47. The Morgan fingerprint density at radius 3 is 2.35 bits per heavy atom. The molecule has 2 rings (SSSR count). The monoisotopic (exact) mass is 237 g/mol. The van der Waals surface area contributed by atoms with E-state index in [-0.39, 0.29) is 0 Å². The largest absolute Gasteiger partial charge is 0.299 e. The summed E-state index contributed by atoms with van der Waals surface area (Å²) in [6.45, 7) is 7.02. The molecule has 2 aliphatic rings. The Morgan fingerprint density at radius 2 is 1.76 bits per heavy atom. The molecule has 0 aromatic carbocycles. The smallest absolute Gasteiger partial charge is 0.137 e. The van der Waals surface area contributed by atoms with Crippen molar-refractivity contribution in [3.63, 3.8) is 0 Å². The zero-order valence-electron chi connectivity index (χ0n) is 11.5. The van der Waals surface area contributed by atoms with Crippen LogP contribution in [-0.4, -0.2) is 29.8 Å². The van der Waals surface area contributed by atoms with Gasteiger partial charge in [-0.25, -0.2) is 0 Å². The van der Waals surface area contributed by atoms with Crippen LogP contribution in [0.4, 0.5) is 0 Å². The second-order valence-corrected chi connectivity index (χ2v) is 6.15. The number of rotatable bonds is 3. The Labute approximate surface area is 106 Å². The number of hydrogen-bond acceptors (Lipinski definition) is 2. The predicted molar refractivity (Wildman–Crippen MR) is 71.0 cm³/mol. The van der Waals surface area contributed by atoms with Gasteiger partial charge in [0, 0.05) is 18.4 Å². The van der Waals surface area contributed by atoms with E-state index < -0.39 is 0 Å². The van der Waals surface area contributed by atoms with Crippen molar-refractivity contribution in [1.29, 1.82) is 0 Å². The molecule has 0 radical (unpaired) electrons. The van der Waals surface area contributed by atoms with Crippen LogP contribution in [0.2, 0.25) is 0 Å². The molecule has 17 heavy (non-hydrogen) atoms. The van der Waals surface area contributed by atoms with Crippen molar-refractivity contribution in [3.8, 4) is 0 Å². The standard InChI is InChI=1S/C15H27NO/c1-12(2)15(16-10-6-3-7-11-16)13-8-4-5-9-14(13)17/h12-13,15H,3-11H2,1-2H3/t13-,15+/m1/s1. The highest BCUT2D eigenvalue weighted by Crippen LogP contribution is 2.31. The molecule has 1 saturated carbocycles. The summed E-state index contributed by atoms with van der Waals surface area (Å²) < 4.78 is 0. The van der Waals surface area contributed by atoms with Crippen molar-refractivity contribution in [1.82, 2.24) is 4.90 Å². The van der Waals surface area contributed by atoms with E-state index in [9.17, 15) is 4.79 Å². The molecular weight excluding hydrogens is 210 g/mol. The lowest BCUT2D eigenvalue weighted by Gasteiger charge is -2.42. The van der Waals surface area contributed by atoms with E-state index in [1.807, 2.05) is 0 Å². The average Bonchev–Trinajstić information content (AvgIpc) is 2.33. The summed E-state index contributed by atoms with van der Waals surface area (Å²) in [7, 11) is 0. The lowest BCUT2D eigenvalue weighted by molar-refractivity contribution is -0.128. The number of Topliss-reactive ketones (excluding diaryl/α,β-unsaturated/α-hetero) is 1. The summed E-state index contributed by atoms with van der Waals surface area (Å²) in [6, 6.07) is 0.517. The molecule has 2 heteroatoms. The summed E-state index contributed by atoms with van der Waals surface area (Å²) in [5, 5.41) is 0. The Kier molecular flexibility index (Phi) is 4.61. The van der Waals surface area contributed by atoms with Gasteiger partial charge in [0.15, 0.2) is 0 Å². The molecule has 1 aliphatic heterocycles. The van der Waals surface area contributed by atoms with Crippen molar-refractivity contribution < 1.29 is 4.79 Å². The second-order valence-electron chi connectivity index (χ2n) is 6.15. The van der Waals surface area contributed by atoms with Gasteiger partial charge in [-0.1, -0.05) is 26.7 Å². The summed E-state index contributed by atoms with van der Waals surface area (Å²) in [4.78, 5) is 14.8. The maximum Gasteiger partial charge on any atom is 0.137 e. The van der Waals surface area contributed by atoms with Gasteiger partial charge in [0.1, 0.15) is 5.78 Å². The SMILES string of the molecule is CC(C)[C@@H]([C@@H]1CCCCC1=O)N1CCCCC1. The van der Waals surface area contributed by atoms with E-state index in [1.54, 1.807) is 0 Å². The Balaban J connectivity index is 2.06. The lowest BCUT2D eigenvalue weighted by Crippen LogP contribution is -2.49. The molecule has 0 spiro atoms. The van der Waals surface area contributed by atoms with E-state index in [0.29, 0.717) is 23.7 Å². The molecule has 0 unspecified atom stereocenters. The van der Waals surface area contributed by atoms with Gasteiger partial charge in [0.05, 0.1) is 0 Å². The normalized spacial score (nSPS) is 29.6. The fraction of sp³-hybridized carbons (Fsp3) is 0.933. The zero-order chi connectivity index (χ0) is 12.3.